The topological polar surface area (TPSA) is 89.1 Å². The number of aromatic nitrogens is 3. The highest BCUT2D eigenvalue weighted by Gasteiger charge is 2.45. The second-order valence-electron chi connectivity index (χ2n) is 11.9. The number of nitrogens with two attached hydrogens (primary N) is 1. The molecule has 2 fully saturated rings. The Labute approximate surface area is 250 Å². The molecular weight excluding hydrogens is 546 g/mol. The molecule has 2 aromatic heterocycles. The molecule has 1 aliphatic heterocycles. The minimum absolute atomic E-state index is 0.107. The van der Waals surface area contributed by atoms with Crippen molar-refractivity contribution in [2.75, 3.05) is 38.2 Å². The molecule has 1 atom stereocenters. The third-order valence-corrected chi connectivity index (χ3v) is 8.87. The van der Waals surface area contributed by atoms with Gasteiger partial charge in [-0.1, -0.05) is 42.0 Å². The van der Waals surface area contributed by atoms with E-state index in [2.05, 4.69) is 51.4 Å². The third kappa shape index (κ3) is 5.96. The van der Waals surface area contributed by atoms with Crippen LogP contribution in [-0.4, -0.2) is 52.3 Å². The molecule has 7 nitrogen and oxygen atoms in total. The van der Waals surface area contributed by atoms with E-state index in [9.17, 15) is 13.6 Å². The number of likely N-dealkylation sites (tertiary alicyclic amines) is 1. The molecule has 43 heavy (non-hydrogen) atoms. The highest BCUT2D eigenvalue weighted by Crippen LogP contribution is 2.43. The van der Waals surface area contributed by atoms with Crippen LogP contribution in [0.4, 0.5) is 14.6 Å². The lowest BCUT2D eigenvalue weighted by atomic mass is 9.87. The highest BCUT2D eigenvalue weighted by molar-refractivity contribution is 5.88. The van der Waals surface area contributed by atoms with Crippen molar-refractivity contribution in [3.63, 3.8) is 0 Å². The van der Waals surface area contributed by atoms with Crippen LogP contribution in [0.15, 0.2) is 71.2 Å². The number of nitrogens with one attached hydrogen (secondary N) is 1. The van der Waals surface area contributed by atoms with Crippen LogP contribution in [0.2, 0.25) is 0 Å². The zero-order valence-electron chi connectivity index (χ0n) is 24.7. The smallest absolute Gasteiger partial charge is 0.253 e. The number of pyridine rings is 1. The molecule has 4 aromatic rings. The van der Waals surface area contributed by atoms with Gasteiger partial charge in [-0.05, 0) is 73.9 Å². The van der Waals surface area contributed by atoms with Crippen LogP contribution in [0.1, 0.15) is 61.2 Å². The molecule has 3 heterocycles. The average molecular weight is 585 g/mol. The second kappa shape index (κ2) is 12.0. The number of halogens is 2. The zero-order valence-corrected chi connectivity index (χ0v) is 24.7. The first-order valence-corrected chi connectivity index (χ1v) is 15.0. The quantitative estimate of drug-likeness (QED) is 0.261. The maximum absolute atomic E-state index is 13.8. The summed E-state index contributed by atoms with van der Waals surface area (Å²) in [6.45, 7) is 6.76. The summed E-state index contributed by atoms with van der Waals surface area (Å²) in [5.41, 5.74) is 11.0. The number of hydrogen-bond acceptors (Lipinski definition) is 6. The number of anilines is 1. The van der Waals surface area contributed by atoms with Crippen LogP contribution < -0.4 is 16.6 Å². The van der Waals surface area contributed by atoms with Gasteiger partial charge in [0.1, 0.15) is 24.1 Å². The predicted octanol–water partition coefficient (Wildman–Crippen LogP) is 5.73. The van der Waals surface area contributed by atoms with E-state index in [-0.39, 0.29) is 17.4 Å². The third-order valence-electron chi connectivity index (χ3n) is 8.87. The maximum atomic E-state index is 13.8. The predicted molar refractivity (Wildman–Crippen MR) is 167 cm³/mol. The minimum atomic E-state index is -0.743. The van der Waals surface area contributed by atoms with Gasteiger partial charge in [0.05, 0.1) is 16.4 Å². The van der Waals surface area contributed by atoms with Crippen LogP contribution >= 0.6 is 0 Å². The molecule has 6 rings (SSSR count). The second-order valence-corrected chi connectivity index (χ2v) is 11.9. The van der Waals surface area contributed by atoms with E-state index < -0.39 is 12.2 Å². The summed E-state index contributed by atoms with van der Waals surface area (Å²) in [5, 5.41) is 4.21. The van der Waals surface area contributed by atoms with Gasteiger partial charge >= 0.3 is 0 Å². The van der Waals surface area contributed by atoms with E-state index in [1.807, 2.05) is 12.1 Å². The monoisotopic (exact) mass is 584 g/mol. The van der Waals surface area contributed by atoms with Crippen molar-refractivity contribution in [3.8, 4) is 0 Å². The molecule has 1 aliphatic carbocycles. The van der Waals surface area contributed by atoms with Gasteiger partial charge < -0.3 is 20.5 Å². The Kier molecular flexibility index (Phi) is 8.11. The number of piperidine rings is 1. The molecule has 1 saturated carbocycles. The Bertz CT molecular complexity index is 1700. The molecule has 1 saturated heterocycles. The maximum Gasteiger partial charge on any atom is 0.253 e. The van der Waals surface area contributed by atoms with Crippen molar-refractivity contribution in [3.05, 3.63) is 105 Å². The van der Waals surface area contributed by atoms with Crippen molar-refractivity contribution >= 4 is 22.3 Å². The van der Waals surface area contributed by atoms with Gasteiger partial charge in [-0.2, -0.15) is 0 Å². The molecular formula is C34H38F2N6O. The van der Waals surface area contributed by atoms with Crippen molar-refractivity contribution in [2.45, 2.75) is 51.1 Å². The van der Waals surface area contributed by atoms with E-state index in [0.717, 1.165) is 54.7 Å². The molecule has 9 heteroatoms. The van der Waals surface area contributed by atoms with Crippen molar-refractivity contribution in [1.29, 1.82) is 0 Å². The number of hydrogen-bond donors (Lipinski definition) is 2. The van der Waals surface area contributed by atoms with E-state index >= 15 is 0 Å². The molecule has 224 valence electrons. The Morgan fingerprint density at radius 1 is 1.05 bits per heavy atom. The van der Waals surface area contributed by atoms with E-state index in [4.69, 9.17) is 5.73 Å². The van der Waals surface area contributed by atoms with Gasteiger partial charge in [0, 0.05) is 44.5 Å². The number of fused-ring (bicyclic) bond motifs is 1. The molecule has 0 spiro atoms. The van der Waals surface area contributed by atoms with Crippen molar-refractivity contribution in [1.82, 2.24) is 19.4 Å². The fourth-order valence-electron chi connectivity index (χ4n) is 6.18. The molecule has 0 amide bonds. The normalized spacial score (nSPS) is 17.2. The number of nitrogens with zero attached hydrogens (tertiary/aromatic N) is 4. The molecule has 0 radical (unpaired) electrons. The van der Waals surface area contributed by atoms with Gasteiger partial charge in [-0.25, -0.2) is 18.7 Å². The SMILES string of the molecule is Cc1nc(N[C@H](C)c2ccc(C(=C3CCN(CCN)CC3)c3ccc(F)cc3)cc2)c2cn(C3(CF)CC3)c(=O)cc2n1. The largest absolute Gasteiger partial charge is 0.363 e. The summed E-state index contributed by atoms with van der Waals surface area (Å²) in [4.78, 5) is 24.3. The van der Waals surface area contributed by atoms with Gasteiger partial charge in [-0.15, -0.1) is 0 Å². The molecule has 0 unspecified atom stereocenters. The van der Waals surface area contributed by atoms with E-state index in [1.54, 1.807) is 13.1 Å². The Hall–Kier alpha value is -3.95. The highest BCUT2D eigenvalue weighted by atomic mass is 19.1. The summed E-state index contributed by atoms with van der Waals surface area (Å²) in [5.74, 6) is 0.915. The summed E-state index contributed by atoms with van der Waals surface area (Å²) >= 11 is 0. The van der Waals surface area contributed by atoms with Crippen LogP contribution in [0.25, 0.3) is 16.5 Å². The van der Waals surface area contributed by atoms with E-state index in [1.165, 1.54) is 28.3 Å². The number of alkyl halides is 1. The van der Waals surface area contributed by atoms with Crippen LogP contribution in [-0.2, 0) is 5.54 Å². The van der Waals surface area contributed by atoms with Crippen molar-refractivity contribution < 1.29 is 8.78 Å². The lowest BCUT2D eigenvalue weighted by Gasteiger charge is -2.30. The number of aryl methyl sites for hydroxylation is 1. The Balaban J connectivity index is 1.29. The minimum Gasteiger partial charge on any atom is -0.363 e. The summed E-state index contributed by atoms with van der Waals surface area (Å²) in [6.07, 6.45) is 4.90. The standard InChI is InChI=1S/C34H38F2N6O/c1-22(38-33-29-20-42(34(21-35)13-14-34)31(43)19-30(29)39-23(2)40-33)24-3-5-25(6-4-24)32(26-7-9-28(36)10-8-26)27-11-16-41(17-12-27)18-15-37/h3-10,19-20,22H,11-18,21,37H2,1-2H3,(H,38,39,40)/t22-/m1/s1. The fourth-order valence-corrected chi connectivity index (χ4v) is 6.18. The molecule has 2 aromatic carbocycles. The number of rotatable bonds is 9. The van der Waals surface area contributed by atoms with Crippen LogP contribution in [0, 0.1) is 12.7 Å². The van der Waals surface area contributed by atoms with Crippen molar-refractivity contribution in [2.24, 2.45) is 5.73 Å². The Morgan fingerprint density at radius 3 is 2.30 bits per heavy atom. The molecule has 2 aliphatic rings. The lowest BCUT2D eigenvalue weighted by molar-refractivity contribution is 0.264. The summed E-state index contributed by atoms with van der Waals surface area (Å²) in [6, 6.07) is 16.6. The first-order valence-electron chi connectivity index (χ1n) is 15.0. The van der Waals surface area contributed by atoms with E-state index in [0.29, 0.717) is 41.9 Å². The summed E-state index contributed by atoms with van der Waals surface area (Å²) in [7, 11) is 0. The average Bonchev–Trinajstić information content (AvgIpc) is 3.80. The Morgan fingerprint density at radius 2 is 1.70 bits per heavy atom. The fraction of sp³-hybridized carbons (Fsp3) is 0.382. The van der Waals surface area contributed by atoms with Crippen LogP contribution in [0.5, 0.6) is 0 Å². The van der Waals surface area contributed by atoms with Gasteiger partial charge in [0.15, 0.2) is 0 Å². The first-order chi connectivity index (χ1) is 20.8. The van der Waals surface area contributed by atoms with Gasteiger partial charge in [0.2, 0.25) is 0 Å². The number of benzene rings is 2. The summed E-state index contributed by atoms with van der Waals surface area (Å²) < 4.78 is 29.2. The van der Waals surface area contributed by atoms with Crippen LogP contribution in [0.3, 0.4) is 0 Å². The zero-order chi connectivity index (χ0) is 30.1. The molecule has 3 N–H and O–H groups in total. The van der Waals surface area contributed by atoms with Gasteiger partial charge in [-0.3, -0.25) is 4.79 Å². The molecule has 0 bridgehead atoms. The van der Waals surface area contributed by atoms with Gasteiger partial charge in [0.25, 0.3) is 5.56 Å². The lowest BCUT2D eigenvalue weighted by Crippen LogP contribution is -2.35. The first kappa shape index (κ1) is 29.1.